The lowest BCUT2D eigenvalue weighted by Crippen LogP contribution is -2.56. The SMILES string of the molecule is Cc1cc(F)cc(C(=O)NC2CCOC3(C2)CC(C(=O)O)C3)c1. The van der Waals surface area contributed by atoms with Gasteiger partial charge in [-0.25, -0.2) is 4.39 Å². The average Bonchev–Trinajstić information content (AvgIpc) is 2.43. The van der Waals surface area contributed by atoms with E-state index >= 15 is 0 Å². The maximum absolute atomic E-state index is 13.4. The number of hydrogen-bond donors (Lipinski definition) is 2. The summed E-state index contributed by atoms with van der Waals surface area (Å²) in [5.41, 5.74) is 0.582. The molecule has 1 aliphatic carbocycles. The van der Waals surface area contributed by atoms with Crippen LogP contribution in [0.4, 0.5) is 4.39 Å². The third-order valence-corrected chi connectivity index (χ3v) is 4.72. The molecular formula is C17H20FNO4. The number of halogens is 1. The Morgan fingerprint density at radius 1 is 1.30 bits per heavy atom. The van der Waals surface area contributed by atoms with Crippen LogP contribution in [0.15, 0.2) is 18.2 Å². The van der Waals surface area contributed by atoms with Crippen LogP contribution >= 0.6 is 0 Å². The van der Waals surface area contributed by atoms with E-state index in [1.807, 2.05) is 0 Å². The summed E-state index contributed by atoms with van der Waals surface area (Å²) < 4.78 is 19.2. The predicted octanol–water partition coefficient (Wildman–Crippen LogP) is 2.28. The Labute approximate surface area is 133 Å². The van der Waals surface area contributed by atoms with E-state index in [0.717, 1.165) is 0 Å². The van der Waals surface area contributed by atoms with Crippen LogP contribution in [0.1, 0.15) is 41.6 Å². The molecule has 2 aliphatic rings. The summed E-state index contributed by atoms with van der Waals surface area (Å²) in [5.74, 6) is -1.87. The van der Waals surface area contributed by atoms with Crippen LogP contribution < -0.4 is 5.32 Å². The fraction of sp³-hybridized carbons (Fsp3) is 0.529. The molecule has 124 valence electrons. The van der Waals surface area contributed by atoms with Crippen LogP contribution in [0.3, 0.4) is 0 Å². The van der Waals surface area contributed by atoms with Gasteiger partial charge in [-0.3, -0.25) is 9.59 Å². The van der Waals surface area contributed by atoms with Crippen molar-refractivity contribution in [3.05, 3.63) is 35.1 Å². The van der Waals surface area contributed by atoms with Crippen LogP contribution in [0.2, 0.25) is 0 Å². The minimum Gasteiger partial charge on any atom is -0.481 e. The van der Waals surface area contributed by atoms with E-state index in [2.05, 4.69) is 5.32 Å². The van der Waals surface area contributed by atoms with Gasteiger partial charge >= 0.3 is 5.97 Å². The van der Waals surface area contributed by atoms with Crippen molar-refractivity contribution in [2.24, 2.45) is 5.92 Å². The number of carbonyl (C=O) groups is 2. The zero-order valence-corrected chi connectivity index (χ0v) is 13.0. The molecule has 1 spiro atoms. The van der Waals surface area contributed by atoms with Gasteiger partial charge in [0.2, 0.25) is 0 Å². The van der Waals surface area contributed by atoms with Crippen molar-refractivity contribution in [1.82, 2.24) is 5.32 Å². The quantitative estimate of drug-likeness (QED) is 0.895. The molecule has 0 radical (unpaired) electrons. The number of rotatable bonds is 3. The highest BCUT2D eigenvalue weighted by Gasteiger charge is 2.51. The average molecular weight is 321 g/mol. The topological polar surface area (TPSA) is 75.6 Å². The minimum absolute atomic E-state index is 0.0745. The summed E-state index contributed by atoms with van der Waals surface area (Å²) >= 11 is 0. The molecule has 1 amide bonds. The maximum Gasteiger partial charge on any atom is 0.306 e. The smallest absolute Gasteiger partial charge is 0.306 e. The Kier molecular flexibility index (Phi) is 4.10. The van der Waals surface area contributed by atoms with Crippen molar-refractivity contribution < 1.29 is 23.8 Å². The lowest BCUT2D eigenvalue weighted by atomic mass is 9.66. The molecule has 0 bridgehead atoms. The van der Waals surface area contributed by atoms with Crippen molar-refractivity contribution >= 4 is 11.9 Å². The molecule has 1 unspecified atom stereocenters. The molecule has 1 saturated carbocycles. The number of aliphatic carboxylic acids is 1. The number of benzene rings is 1. The molecule has 1 aliphatic heterocycles. The number of aryl methyl sites for hydroxylation is 1. The fourth-order valence-corrected chi connectivity index (χ4v) is 3.58. The number of nitrogens with one attached hydrogen (secondary N) is 1. The number of ether oxygens (including phenoxy) is 1. The van der Waals surface area contributed by atoms with Crippen LogP contribution in [0.25, 0.3) is 0 Å². The third-order valence-electron chi connectivity index (χ3n) is 4.72. The van der Waals surface area contributed by atoms with Crippen molar-refractivity contribution in [3.63, 3.8) is 0 Å². The van der Waals surface area contributed by atoms with E-state index < -0.39 is 17.4 Å². The van der Waals surface area contributed by atoms with Crippen LogP contribution in [0, 0.1) is 18.7 Å². The van der Waals surface area contributed by atoms with Crippen LogP contribution in [-0.2, 0) is 9.53 Å². The number of amides is 1. The molecule has 6 heteroatoms. The number of carboxylic acids is 1. The van der Waals surface area contributed by atoms with E-state index in [-0.39, 0.29) is 17.9 Å². The van der Waals surface area contributed by atoms with Gasteiger partial charge < -0.3 is 15.2 Å². The van der Waals surface area contributed by atoms with Gasteiger partial charge in [0.15, 0.2) is 0 Å². The monoisotopic (exact) mass is 321 g/mol. The molecule has 1 aromatic carbocycles. The second-order valence-electron chi connectivity index (χ2n) is 6.66. The van der Waals surface area contributed by atoms with E-state index in [1.165, 1.54) is 12.1 Å². The summed E-state index contributed by atoms with van der Waals surface area (Å²) in [4.78, 5) is 23.2. The highest BCUT2D eigenvalue weighted by atomic mass is 19.1. The van der Waals surface area contributed by atoms with E-state index in [9.17, 15) is 14.0 Å². The first-order chi connectivity index (χ1) is 10.9. The first kappa shape index (κ1) is 15.9. The molecule has 3 rings (SSSR count). The number of hydrogen-bond acceptors (Lipinski definition) is 3. The lowest BCUT2D eigenvalue weighted by Gasteiger charge is -2.50. The fourth-order valence-electron chi connectivity index (χ4n) is 3.58. The van der Waals surface area contributed by atoms with Crippen molar-refractivity contribution in [3.8, 4) is 0 Å². The predicted molar refractivity (Wildman–Crippen MR) is 80.7 cm³/mol. The summed E-state index contributed by atoms with van der Waals surface area (Å²) in [6, 6.07) is 4.17. The van der Waals surface area contributed by atoms with Gasteiger partial charge in [-0.1, -0.05) is 0 Å². The van der Waals surface area contributed by atoms with Gasteiger partial charge in [0.1, 0.15) is 5.82 Å². The number of carboxylic acid groups (broad SMARTS) is 1. The van der Waals surface area contributed by atoms with Crippen LogP contribution in [0.5, 0.6) is 0 Å². The molecule has 1 heterocycles. The molecule has 1 saturated heterocycles. The lowest BCUT2D eigenvalue weighted by molar-refractivity contribution is -0.181. The number of carbonyl (C=O) groups excluding carboxylic acids is 1. The highest BCUT2D eigenvalue weighted by molar-refractivity contribution is 5.94. The van der Waals surface area contributed by atoms with E-state index in [0.29, 0.717) is 43.4 Å². The molecule has 5 nitrogen and oxygen atoms in total. The summed E-state index contributed by atoms with van der Waals surface area (Å²) in [7, 11) is 0. The Bertz CT molecular complexity index is 619. The van der Waals surface area contributed by atoms with E-state index in [1.54, 1.807) is 13.0 Å². The normalized spacial score (nSPS) is 29.8. The molecule has 0 aromatic heterocycles. The van der Waals surface area contributed by atoms with Crippen molar-refractivity contribution in [1.29, 1.82) is 0 Å². The Morgan fingerprint density at radius 3 is 2.70 bits per heavy atom. The molecule has 1 aromatic rings. The first-order valence-corrected chi connectivity index (χ1v) is 7.82. The second kappa shape index (κ2) is 5.92. The molecule has 2 N–H and O–H groups in total. The Balaban J connectivity index is 1.62. The zero-order valence-electron chi connectivity index (χ0n) is 13.0. The molecule has 2 fully saturated rings. The standard InChI is InChI=1S/C17H20FNO4/c1-10-4-11(6-13(18)5-10)15(20)19-14-2-3-23-17(9-14)7-12(8-17)16(21)22/h4-6,12,14H,2-3,7-9H2,1H3,(H,19,20)(H,21,22). The summed E-state index contributed by atoms with van der Waals surface area (Å²) in [5, 5.41) is 11.9. The highest BCUT2D eigenvalue weighted by Crippen LogP contribution is 2.46. The zero-order chi connectivity index (χ0) is 16.6. The first-order valence-electron chi connectivity index (χ1n) is 7.82. The Hall–Kier alpha value is -1.95. The summed E-state index contributed by atoms with van der Waals surface area (Å²) in [6.07, 6.45) is 2.28. The largest absolute Gasteiger partial charge is 0.481 e. The van der Waals surface area contributed by atoms with Crippen molar-refractivity contribution in [2.45, 2.75) is 44.2 Å². The van der Waals surface area contributed by atoms with Gasteiger partial charge in [-0.05, 0) is 56.4 Å². The molecular weight excluding hydrogens is 301 g/mol. The van der Waals surface area contributed by atoms with Gasteiger partial charge in [-0.2, -0.15) is 0 Å². The van der Waals surface area contributed by atoms with Crippen LogP contribution in [-0.4, -0.2) is 35.2 Å². The molecule has 23 heavy (non-hydrogen) atoms. The van der Waals surface area contributed by atoms with Gasteiger partial charge in [0.25, 0.3) is 5.91 Å². The van der Waals surface area contributed by atoms with Gasteiger partial charge in [0.05, 0.1) is 11.5 Å². The van der Waals surface area contributed by atoms with E-state index in [4.69, 9.17) is 9.84 Å². The summed E-state index contributed by atoms with van der Waals surface area (Å²) in [6.45, 7) is 2.24. The molecule has 1 atom stereocenters. The van der Waals surface area contributed by atoms with Gasteiger partial charge in [0, 0.05) is 18.2 Å². The Morgan fingerprint density at radius 2 is 2.04 bits per heavy atom. The van der Waals surface area contributed by atoms with Gasteiger partial charge in [-0.15, -0.1) is 0 Å². The third kappa shape index (κ3) is 3.37. The van der Waals surface area contributed by atoms with Crippen molar-refractivity contribution in [2.75, 3.05) is 6.61 Å². The minimum atomic E-state index is -0.791. The second-order valence-corrected chi connectivity index (χ2v) is 6.66. The maximum atomic E-state index is 13.4.